The lowest BCUT2D eigenvalue weighted by Crippen LogP contribution is -2.30. The van der Waals surface area contributed by atoms with Gasteiger partial charge in [-0.2, -0.15) is 4.98 Å². The van der Waals surface area contributed by atoms with Gasteiger partial charge in [0.25, 0.3) is 0 Å². The van der Waals surface area contributed by atoms with Crippen LogP contribution in [0.3, 0.4) is 0 Å². The molecule has 1 saturated heterocycles. The zero-order valence-electron chi connectivity index (χ0n) is 12.6. The Morgan fingerprint density at radius 1 is 1.29 bits per heavy atom. The van der Waals surface area contributed by atoms with E-state index in [-0.39, 0.29) is 0 Å². The summed E-state index contributed by atoms with van der Waals surface area (Å²) in [6, 6.07) is 2.23. The average Bonchev–Trinajstić information content (AvgIpc) is 2.80. The summed E-state index contributed by atoms with van der Waals surface area (Å²) >= 11 is 1.73. The van der Waals surface area contributed by atoms with Gasteiger partial charge in [0.1, 0.15) is 10.6 Å². The van der Waals surface area contributed by atoms with E-state index in [9.17, 15) is 0 Å². The topological polar surface area (TPSA) is 70.3 Å². The summed E-state index contributed by atoms with van der Waals surface area (Å²) in [6.07, 6.45) is 2.17. The molecular formula is C14H22N6S. The summed E-state index contributed by atoms with van der Waals surface area (Å²) in [5.74, 6) is 7.05. The number of hydrogen-bond donors (Lipinski definition) is 2. The molecule has 0 spiro atoms. The largest absolute Gasteiger partial charge is 0.355 e. The molecule has 0 aromatic carbocycles. The third kappa shape index (κ3) is 2.95. The number of fused-ring (bicyclic) bond motifs is 1. The van der Waals surface area contributed by atoms with Crippen LogP contribution in [-0.2, 0) is 6.42 Å². The highest BCUT2D eigenvalue weighted by Crippen LogP contribution is 2.32. The van der Waals surface area contributed by atoms with Crippen LogP contribution in [0, 0.1) is 0 Å². The highest BCUT2D eigenvalue weighted by molar-refractivity contribution is 7.18. The van der Waals surface area contributed by atoms with Gasteiger partial charge in [-0.25, -0.2) is 10.8 Å². The van der Waals surface area contributed by atoms with Crippen molar-refractivity contribution < 1.29 is 0 Å². The molecule has 0 unspecified atom stereocenters. The van der Waals surface area contributed by atoms with Gasteiger partial charge in [0.05, 0.1) is 5.39 Å². The molecule has 6 nitrogen and oxygen atoms in total. The van der Waals surface area contributed by atoms with Crippen LogP contribution in [0.25, 0.3) is 10.2 Å². The number of anilines is 2. The molecule has 0 amide bonds. The molecule has 1 aliphatic heterocycles. The normalized spacial score (nSPS) is 17.2. The van der Waals surface area contributed by atoms with Gasteiger partial charge >= 0.3 is 0 Å². The predicted octanol–water partition coefficient (Wildman–Crippen LogP) is 1.68. The van der Waals surface area contributed by atoms with Gasteiger partial charge in [-0.15, -0.1) is 11.3 Å². The van der Waals surface area contributed by atoms with Crippen LogP contribution < -0.4 is 16.2 Å². The molecule has 0 atom stereocenters. The van der Waals surface area contributed by atoms with Crippen LogP contribution in [0.2, 0.25) is 0 Å². The predicted molar refractivity (Wildman–Crippen MR) is 88.9 cm³/mol. The van der Waals surface area contributed by atoms with Crippen LogP contribution in [0.5, 0.6) is 0 Å². The maximum atomic E-state index is 5.53. The number of aryl methyl sites for hydroxylation is 1. The molecule has 2 aromatic heterocycles. The van der Waals surface area contributed by atoms with E-state index < -0.39 is 0 Å². The van der Waals surface area contributed by atoms with E-state index in [4.69, 9.17) is 5.84 Å². The first-order valence-electron chi connectivity index (χ1n) is 7.42. The molecule has 2 aromatic rings. The first-order valence-corrected chi connectivity index (χ1v) is 8.23. The first-order chi connectivity index (χ1) is 10.2. The summed E-state index contributed by atoms with van der Waals surface area (Å²) in [5, 5.41) is 1.15. The van der Waals surface area contributed by atoms with Crippen molar-refractivity contribution in [3.8, 4) is 0 Å². The molecule has 0 bridgehead atoms. The Morgan fingerprint density at radius 2 is 2.14 bits per heavy atom. The number of hydrazine groups is 1. The quantitative estimate of drug-likeness (QED) is 0.664. The fourth-order valence-corrected chi connectivity index (χ4v) is 3.66. The van der Waals surface area contributed by atoms with Gasteiger partial charge in [0.15, 0.2) is 0 Å². The van der Waals surface area contributed by atoms with E-state index in [1.807, 2.05) is 0 Å². The number of thiophene rings is 1. The molecule has 1 aliphatic rings. The van der Waals surface area contributed by atoms with Gasteiger partial charge < -0.3 is 9.80 Å². The van der Waals surface area contributed by atoms with E-state index in [0.717, 1.165) is 55.1 Å². The van der Waals surface area contributed by atoms with Crippen molar-refractivity contribution in [1.82, 2.24) is 14.9 Å². The monoisotopic (exact) mass is 306 g/mol. The average molecular weight is 306 g/mol. The number of nitrogen functional groups attached to an aromatic ring is 1. The van der Waals surface area contributed by atoms with E-state index in [2.05, 4.69) is 45.2 Å². The van der Waals surface area contributed by atoms with Gasteiger partial charge in [0.2, 0.25) is 5.95 Å². The van der Waals surface area contributed by atoms with Gasteiger partial charge in [-0.3, -0.25) is 5.43 Å². The van der Waals surface area contributed by atoms with Crippen molar-refractivity contribution in [2.75, 3.05) is 43.6 Å². The summed E-state index contributed by atoms with van der Waals surface area (Å²) in [5.41, 5.74) is 2.60. The molecule has 114 valence electrons. The lowest BCUT2D eigenvalue weighted by Gasteiger charge is -2.22. The molecule has 3 rings (SSSR count). The van der Waals surface area contributed by atoms with Crippen LogP contribution in [-0.4, -0.2) is 48.1 Å². The molecule has 3 heterocycles. The SMILES string of the molecule is CCc1cc2c(N3CCCN(C)CC3)nc(NN)nc2s1. The van der Waals surface area contributed by atoms with E-state index in [1.165, 1.54) is 4.88 Å². The number of likely N-dealkylation sites (N-methyl/N-ethyl adjacent to an activating group) is 1. The fourth-order valence-electron chi connectivity index (χ4n) is 2.69. The Labute approximate surface area is 128 Å². The zero-order valence-corrected chi connectivity index (χ0v) is 13.4. The van der Waals surface area contributed by atoms with Crippen LogP contribution in [0.1, 0.15) is 18.2 Å². The lowest BCUT2D eigenvalue weighted by molar-refractivity contribution is 0.360. The molecule has 0 aliphatic carbocycles. The Hall–Kier alpha value is -1.44. The molecule has 3 N–H and O–H groups in total. The summed E-state index contributed by atoms with van der Waals surface area (Å²) in [7, 11) is 2.17. The van der Waals surface area contributed by atoms with Crippen molar-refractivity contribution in [1.29, 1.82) is 0 Å². The van der Waals surface area contributed by atoms with Crippen molar-refractivity contribution >= 4 is 33.3 Å². The van der Waals surface area contributed by atoms with Crippen LogP contribution >= 0.6 is 11.3 Å². The van der Waals surface area contributed by atoms with Crippen LogP contribution in [0.4, 0.5) is 11.8 Å². The molecular weight excluding hydrogens is 284 g/mol. The van der Waals surface area contributed by atoms with Gasteiger partial charge in [-0.05, 0) is 32.5 Å². The summed E-state index contributed by atoms with van der Waals surface area (Å²) in [4.78, 5) is 16.2. The number of nitrogens with two attached hydrogens (primary N) is 1. The van der Waals surface area contributed by atoms with E-state index in [0.29, 0.717) is 5.95 Å². The van der Waals surface area contributed by atoms with Crippen molar-refractivity contribution in [3.63, 3.8) is 0 Å². The standard InChI is InChI=1S/C14H22N6S/c1-3-10-9-11-12(16-14(18-15)17-13(11)21-10)20-6-4-5-19(2)7-8-20/h9H,3-8,15H2,1-2H3,(H,16,17,18). The number of nitrogens with one attached hydrogen (secondary N) is 1. The zero-order chi connectivity index (χ0) is 14.8. The molecule has 21 heavy (non-hydrogen) atoms. The number of aromatic nitrogens is 2. The number of nitrogens with zero attached hydrogens (tertiary/aromatic N) is 4. The van der Waals surface area contributed by atoms with Crippen LogP contribution in [0.15, 0.2) is 6.07 Å². The smallest absolute Gasteiger partial charge is 0.240 e. The summed E-state index contributed by atoms with van der Waals surface area (Å²) in [6.45, 7) is 6.38. The molecule has 7 heteroatoms. The van der Waals surface area contributed by atoms with E-state index >= 15 is 0 Å². The minimum Gasteiger partial charge on any atom is -0.355 e. The third-order valence-electron chi connectivity index (χ3n) is 3.92. The molecule has 0 radical (unpaired) electrons. The first kappa shape index (κ1) is 14.5. The van der Waals surface area contributed by atoms with E-state index in [1.54, 1.807) is 11.3 Å². The van der Waals surface area contributed by atoms with Crippen molar-refractivity contribution in [3.05, 3.63) is 10.9 Å². The highest BCUT2D eigenvalue weighted by atomic mass is 32.1. The highest BCUT2D eigenvalue weighted by Gasteiger charge is 2.19. The maximum absolute atomic E-state index is 5.53. The minimum absolute atomic E-state index is 0.500. The van der Waals surface area contributed by atoms with Crippen molar-refractivity contribution in [2.24, 2.45) is 5.84 Å². The second kappa shape index (κ2) is 6.13. The van der Waals surface area contributed by atoms with Crippen molar-refractivity contribution in [2.45, 2.75) is 19.8 Å². The second-order valence-corrected chi connectivity index (χ2v) is 6.56. The third-order valence-corrected chi connectivity index (χ3v) is 5.09. The number of rotatable bonds is 3. The second-order valence-electron chi connectivity index (χ2n) is 5.44. The lowest BCUT2D eigenvalue weighted by atomic mass is 10.3. The molecule has 0 saturated carbocycles. The van der Waals surface area contributed by atoms with Gasteiger partial charge in [-0.1, -0.05) is 6.92 Å². The maximum Gasteiger partial charge on any atom is 0.240 e. The van der Waals surface area contributed by atoms with Gasteiger partial charge in [0, 0.05) is 24.5 Å². The Balaban J connectivity index is 2.04. The number of hydrogen-bond acceptors (Lipinski definition) is 7. The Kier molecular flexibility index (Phi) is 4.23. The Morgan fingerprint density at radius 3 is 2.90 bits per heavy atom. The molecule has 1 fully saturated rings. The Bertz CT molecular complexity index is 625. The fraction of sp³-hybridized carbons (Fsp3) is 0.571. The minimum atomic E-state index is 0.500. The summed E-state index contributed by atoms with van der Waals surface area (Å²) < 4.78 is 0.